The average molecular weight is 318 g/mol. The smallest absolute Gasteiger partial charge is 0.351 e. The molecular weight excluding hydrogens is 306 g/mol. The molecule has 5 nitrogen and oxygen atoms in total. The first-order valence-corrected chi connectivity index (χ1v) is 7.57. The van der Waals surface area contributed by atoms with Crippen molar-refractivity contribution in [1.29, 1.82) is 0 Å². The number of nitrogens with one attached hydrogen (secondary N) is 1. The second-order valence-electron chi connectivity index (χ2n) is 3.67. The molecule has 0 saturated carbocycles. The van der Waals surface area contributed by atoms with Gasteiger partial charge in [0.05, 0.1) is 17.8 Å². The van der Waals surface area contributed by atoms with E-state index in [9.17, 15) is 4.79 Å². The maximum atomic E-state index is 11.4. The highest BCUT2D eigenvalue weighted by molar-refractivity contribution is 7.18. The molecule has 0 unspecified atom stereocenters. The largest absolute Gasteiger partial charge is 0.465 e. The van der Waals surface area contributed by atoms with Crippen LogP contribution >= 0.6 is 34.3 Å². The van der Waals surface area contributed by atoms with Crippen molar-refractivity contribution in [2.75, 3.05) is 19.0 Å². The minimum Gasteiger partial charge on any atom is -0.465 e. The van der Waals surface area contributed by atoms with Gasteiger partial charge in [0.15, 0.2) is 15.2 Å². The number of methoxy groups -OCH3 is 1. The molecule has 0 bridgehead atoms. The lowest BCUT2D eigenvalue weighted by atomic mass is 10.3. The fourth-order valence-electron chi connectivity index (χ4n) is 1.42. The van der Waals surface area contributed by atoms with E-state index in [2.05, 4.69) is 20.0 Å². The predicted octanol–water partition coefficient (Wildman–Crippen LogP) is 3.00. The van der Waals surface area contributed by atoms with Crippen LogP contribution in [0.1, 0.15) is 20.4 Å². The lowest BCUT2D eigenvalue weighted by Gasteiger charge is -1.99. The molecule has 0 fully saturated rings. The van der Waals surface area contributed by atoms with Crippen LogP contribution in [0.25, 0.3) is 0 Å². The lowest BCUT2D eigenvalue weighted by molar-refractivity contribution is 0.0606. The number of nitrogens with zero attached hydrogens (tertiary/aromatic N) is 2. The number of esters is 1. The lowest BCUT2D eigenvalue weighted by Crippen LogP contribution is -2.04. The molecule has 0 spiro atoms. The monoisotopic (exact) mass is 317 g/mol. The summed E-state index contributed by atoms with van der Waals surface area (Å²) >= 11 is 8.68. The van der Waals surface area contributed by atoms with Crippen molar-refractivity contribution < 1.29 is 9.53 Å². The molecule has 102 valence electrons. The fourth-order valence-corrected chi connectivity index (χ4v) is 3.19. The number of aryl methyl sites for hydroxylation is 1. The summed E-state index contributed by atoms with van der Waals surface area (Å²) in [6.45, 7) is 2.67. The van der Waals surface area contributed by atoms with Crippen molar-refractivity contribution in [2.24, 2.45) is 0 Å². The van der Waals surface area contributed by atoms with Crippen LogP contribution in [0, 0.1) is 6.92 Å². The molecule has 0 aromatic carbocycles. The minimum atomic E-state index is -0.467. The standard InChI is InChI=1S/C11H12ClN3O2S2/c1-6-14-7(5-18-6)3-4-13-11-15-9(12)8(19-11)10(16)17-2/h5H,3-4H2,1-2H3,(H,13,15). The van der Waals surface area contributed by atoms with Gasteiger partial charge in [-0.1, -0.05) is 22.9 Å². The molecule has 0 radical (unpaired) electrons. The summed E-state index contributed by atoms with van der Waals surface area (Å²) in [6, 6.07) is 0. The Bertz CT molecular complexity index is 582. The van der Waals surface area contributed by atoms with Crippen LogP contribution in [0.3, 0.4) is 0 Å². The van der Waals surface area contributed by atoms with E-state index in [1.165, 1.54) is 18.4 Å². The SMILES string of the molecule is COC(=O)c1sc(NCCc2csc(C)n2)nc1Cl. The fraction of sp³-hybridized carbons (Fsp3) is 0.364. The van der Waals surface area contributed by atoms with E-state index in [4.69, 9.17) is 11.6 Å². The summed E-state index contributed by atoms with van der Waals surface area (Å²) in [6.07, 6.45) is 0.801. The number of rotatable bonds is 5. The number of thiazole rings is 2. The van der Waals surface area contributed by atoms with Gasteiger partial charge in [0.2, 0.25) is 0 Å². The van der Waals surface area contributed by atoms with Crippen LogP contribution in [0.5, 0.6) is 0 Å². The van der Waals surface area contributed by atoms with Crippen molar-refractivity contribution in [1.82, 2.24) is 9.97 Å². The first kappa shape index (κ1) is 14.2. The Morgan fingerprint density at radius 3 is 2.95 bits per heavy atom. The van der Waals surface area contributed by atoms with Crippen molar-refractivity contribution in [3.63, 3.8) is 0 Å². The molecule has 2 aromatic heterocycles. The highest BCUT2D eigenvalue weighted by Gasteiger charge is 2.16. The number of ether oxygens (including phenoxy) is 1. The van der Waals surface area contributed by atoms with Crippen molar-refractivity contribution in [2.45, 2.75) is 13.3 Å². The number of carbonyl (C=O) groups is 1. The Morgan fingerprint density at radius 2 is 2.32 bits per heavy atom. The van der Waals surface area contributed by atoms with Crippen LogP contribution < -0.4 is 5.32 Å². The maximum Gasteiger partial charge on any atom is 0.351 e. The zero-order valence-corrected chi connectivity index (χ0v) is 12.8. The average Bonchev–Trinajstić information content (AvgIpc) is 2.95. The number of hydrogen-bond acceptors (Lipinski definition) is 7. The number of carbonyl (C=O) groups excluding carboxylic acids is 1. The van der Waals surface area contributed by atoms with Gasteiger partial charge in [-0.15, -0.1) is 11.3 Å². The number of hydrogen-bond donors (Lipinski definition) is 1. The quantitative estimate of drug-likeness (QED) is 0.859. The van der Waals surface area contributed by atoms with E-state index in [0.717, 1.165) is 17.1 Å². The predicted molar refractivity (Wildman–Crippen MR) is 77.5 cm³/mol. The van der Waals surface area contributed by atoms with Crippen LogP contribution in [0.15, 0.2) is 5.38 Å². The summed E-state index contributed by atoms with van der Waals surface area (Å²) in [5.41, 5.74) is 1.05. The third-order valence-electron chi connectivity index (χ3n) is 2.28. The van der Waals surface area contributed by atoms with Crippen LogP contribution in [0.4, 0.5) is 5.13 Å². The Kier molecular flexibility index (Phi) is 4.73. The first-order chi connectivity index (χ1) is 9.10. The van der Waals surface area contributed by atoms with E-state index in [1.807, 2.05) is 12.3 Å². The summed E-state index contributed by atoms with van der Waals surface area (Å²) in [5, 5.41) is 6.99. The topological polar surface area (TPSA) is 64.1 Å². The maximum absolute atomic E-state index is 11.4. The van der Waals surface area contributed by atoms with Gasteiger partial charge in [-0.3, -0.25) is 0 Å². The molecule has 8 heteroatoms. The van der Waals surface area contributed by atoms with Gasteiger partial charge in [-0.2, -0.15) is 0 Å². The Morgan fingerprint density at radius 1 is 1.53 bits per heavy atom. The molecular formula is C11H12ClN3O2S2. The van der Waals surface area contributed by atoms with Crippen LogP contribution in [0.2, 0.25) is 5.15 Å². The molecule has 2 aromatic rings. The molecule has 2 rings (SSSR count). The zero-order valence-electron chi connectivity index (χ0n) is 10.4. The molecule has 0 amide bonds. The zero-order chi connectivity index (χ0) is 13.8. The molecule has 0 aliphatic rings. The van der Waals surface area contributed by atoms with Gasteiger partial charge in [0.25, 0.3) is 0 Å². The molecule has 1 N–H and O–H groups in total. The summed E-state index contributed by atoms with van der Waals surface area (Å²) in [5.74, 6) is -0.467. The summed E-state index contributed by atoms with van der Waals surface area (Å²) in [4.78, 5) is 20.1. The van der Waals surface area contributed by atoms with Gasteiger partial charge in [0, 0.05) is 18.3 Å². The Labute approximate surface area is 123 Å². The first-order valence-electron chi connectivity index (χ1n) is 5.49. The van der Waals surface area contributed by atoms with Crippen LogP contribution in [-0.4, -0.2) is 29.6 Å². The number of aromatic nitrogens is 2. The van der Waals surface area contributed by atoms with Gasteiger partial charge >= 0.3 is 5.97 Å². The van der Waals surface area contributed by atoms with E-state index < -0.39 is 5.97 Å². The van der Waals surface area contributed by atoms with E-state index >= 15 is 0 Å². The second-order valence-corrected chi connectivity index (χ2v) is 6.08. The van der Waals surface area contributed by atoms with E-state index in [0.29, 0.717) is 16.6 Å². The molecule has 0 aliphatic heterocycles. The number of halogens is 1. The molecule has 0 aliphatic carbocycles. The van der Waals surface area contributed by atoms with Crippen molar-refractivity contribution in [3.05, 3.63) is 26.1 Å². The molecule has 2 heterocycles. The van der Waals surface area contributed by atoms with Crippen LogP contribution in [-0.2, 0) is 11.2 Å². The third-order valence-corrected chi connectivity index (χ3v) is 4.48. The summed E-state index contributed by atoms with van der Waals surface area (Å²) in [7, 11) is 1.32. The normalized spacial score (nSPS) is 10.5. The summed E-state index contributed by atoms with van der Waals surface area (Å²) < 4.78 is 4.62. The highest BCUT2D eigenvalue weighted by atomic mass is 35.5. The molecule has 19 heavy (non-hydrogen) atoms. The van der Waals surface area contributed by atoms with Gasteiger partial charge in [-0.25, -0.2) is 14.8 Å². The second kappa shape index (κ2) is 6.31. The molecule has 0 atom stereocenters. The van der Waals surface area contributed by atoms with E-state index in [-0.39, 0.29) is 5.15 Å². The minimum absolute atomic E-state index is 0.170. The van der Waals surface area contributed by atoms with Crippen molar-refractivity contribution in [3.8, 4) is 0 Å². The Hall–Kier alpha value is -1.18. The van der Waals surface area contributed by atoms with Gasteiger partial charge in [0.1, 0.15) is 0 Å². The van der Waals surface area contributed by atoms with E-state index in [1.54, 1.807) is 11.3 Å². The Balaban J connectivity index is 1.91. The number of anilines is 1. The van der Waals surface area contributed by atoms with Gasteiger partial charge in [-0.05, 0) is 6.92 Å². The molecule has 0 saturated heterocycles. The third kappa shape index (κ3) is 3.65. The van der Waals surface area contributed by atoms with Crippen molar-refractivity contribution >= 4 is 45.4 Å². The van der Waals surface area contributed by atoms with Gasteiger partial charge < -0.3 is 10.1 Å². The highest BCUT2D eigenvalue weighted by Crippen LogP contribution is 2.27.